The number of anilines is 2. The van der Waals surface area contributed by atoms with Gasteiger partial charge < -0.3 is 51.5 Å². The monoisotopic (exact) mass is 672 g/mol. The lowest BCUT2D eigenvalue weighted by molar-refractivity contribution is -0.0566. The minimum atomic E-state index is -4.57. The van der Waals surface area contributed by atoms with Gasteiger partial charge >= 0.3 is 6.72 Å². The smallest absolute Gasteiger partial charge is 0.325 e. The molecule has 0 aliphatic carbocycles. The van der Waals surface area contributed by atoms with Gasteiger partial charge in [-0.15, -0.1) is 0 Å². The van der Waals surface area contributed by atoms with Crippen LogP contribution >= 0.6 is 14.2 Å². The Morgan fingerprint density at radius 1 is 0.841 bits per heavy atom. The maximum absolute atomic E-state index is 16.0. The molecule has 3 fully saturated rings. The van der Waals surface area contributed by atoms with E-state index in [0.29, 0.717) is 0 Å². The molecule has 4 aromatic heterocycles. The highest BCUT2D eigenvalue weighted by Crippen LogP contribution is 2.54. The molecule has 5 N–H and O–H groups in total. The van der Waals surface area contributed by atoms with Crippen LogP contribution in [0.25, 0.3) is 22.3 Å². The van der Waals surface area contributed by atoms with Gasteiger partial charge in [-0.2, -0.15) is 0 Å². The largest absolute Gasteiger partial charge is 0.444 e. The molecule has 10 atom stereocenters. The molecule has 233 valence electrons. The Balaban J connectivity index is 1.17. The van der Waals surface area contributed by atoms with Crippen LogP contribution in [0, 0.1) is 0 Å². The van der Waals surface area contributed by atoms with E-state index in [1.165, 1.54) is 21.8 Å². The number of aromatic nitrogens is 8. The summed E-state index contributed by atoms with van der Waals surface area (Å²) in [6, 6.07) is 0. The Labute approximate surface area is 251 Å². The van der Waals surface area contributed by atoms with Crippen LogP contribution in [-0.2, 0) is 43.9 Å². The van der Waals surface area contributed by atoms with E-state index in [4.69, 9.17) is 58.4 Å². The number of halogens is 2. The van der Waals surface area contributed by atoms with Crippen LogP contribution in [-0.4, -0.2) is 101 Å². The third-order valence-corrected chi connectivity index (χ3v) is 9.81. The van der Waals surface area contributed by atoms with Crippen molar-refractivity contribution in [3.8, 4) is 0 Å². The van der Waals surface area contributed by atoms with E-state index in [2.05, 4.69) is 29.9 Å². The predicted molar refractivity (Wildman–Crippen MR) is 149 cm³/mol. The summed E-state index contributed by atoms with van der Waals surface area (Å²) in [5.74, 6) is 0.0968. The molecule has 3 saturated heterocycles. The Morgan fingerprint density at radius 3 is 1.84 bits per heavy atom. The van der Waals surface area contributed by atoms with Crippen LogP contribution in [0.15, 0.2) is 25.3 Å². The van der Waals surface area contributed by atoms with Crippen molar-refractivity contribution in [2.45, 2.75) is 49.2 Å². The van der Waals surface area contributed by atoms with Gasteiger partial charge in [-0.05, 0) is 11.8 Å². The van der Waals surface area contributed by atoms with Crippen molar-refractivity contribution < 1.29 is 45.8 Å². The van der Waals surface area contributed by atoms with Crippen LogP contribution in [0.2, 0.25) is 0 Å². The number of alkyl halides is 2. The molecule has 0 saturated carbocycles. The lowest BCUT2D eigenvalue weighted by Gasteiger charge is -2.34. The van der Waals surface area contributed by atoms with Crippen LogP contribution in [0.3, 0.4) is 0 Å². The van der Waals surface area contributed by atoms with Gasteiger partial charge in [0.25, 0.3) is 0 Å². The van der Waals surface area contributed by atoms with Crippen LogP contribution in [0.4, 0.5) is 20.4 Å². The fourth-order valence-electron chi connectivity index (χ4n) is 5.20. The number of fused-ring (bicyclic) bond motifs is 4. The highest BCUT2D eigenvalue weighted by Gasteiger charge is 2.52. The van der Waals surface area contributed by atoms with E-state index in [1.54, 1.807) is 0 Å². The van der Waals surface area contributed by atoms with E-state index in [1.807, 2.05) is 0 Å². The van der Waals surface area contributed by atoms with Gasteiger partial charge in [-0.25, -0.2) is 38.7 Å². The van der Waals surface area contributed by atoms with Crippen molar-refractivity contribution in [1.82, 2.24) is 39.0 Å². The Kier molecular flexibility index (Phi) is 7.43. The normalized spacial score (nSPS) is 38.3. The topological polar surface area (TPSA) is 232 Å². The molecule has 1 unspecified atom stereocenters. The number of ether oxygens (including phenoxy) is 2. The maximum Gasteiger partial charge on any atom is 0.325 e. The van der Waals surface area contributed by atoms with Crippen LogP contribution in [0.1, 0.15) is 12.5 Å². The fraction of sp³-hybridized carbons (Fsp3) is 0.500. The fourth-order valence-corrected chi connectivity index (χ4v) is 7.64. The minimum absolute atomic E-state index is 0.0472. The van der Waals surface area contributed by atoms with E-state index < -0.39 is 76.6 Å². The molecular formula is C20H21BF2N10O8P2S-. The van der Waals surface area contributed by atoms with E-state index >= 15 is 8.78 Å². The Bertz CT molecular complexity index is 1710. The summed E-state index contributed by atoms with van der Waals surface area (Å²) in [5, 5.41) is 0. The van der Waals surface area contributed by atoms with E-state index in [-0.39, 0.29) is 34.0 Å². The predicted octanol–water partition coefficient (Wildman–Crippen LogP) is 0.612. The van der Waals surface area contributed by atoms with Crippen molar-refractivity contribution in [3.05, 3.63) is 25.3 Å². The summed E-state index contributed by atoms with van der Waals surface area (Å²) in [6.45, 7) is -5.58. The number of rotatable bonds is 2. The summed E-state index contributed by atoms with van der Waals surface area (Å²) in [5.41, 5.74) is 12.3. The minimum Gasteiger partial charge on any atom is -0.444 e. The van der Waals surface area contributed by atoms with E-state index in [0.717, 1.165) is 12.7 Å². The molecule has 24 heteroatoms. The molecule has 0 bridgehead atoms. The van der Waals surface area contributed by atoms with Gasteiger partial charge in [-0.3, -0.25) is 13.7 Å². The third-order valence-electron chi connectivity index (χ3n) is 7.20. The number of nitrogen functional groups attached to an aromatic ring is 2. The summed E-state index contributed by atoms with van der Waals surface area (Å²) in [7, 11) is 1.26. The van der Waals surface area contributed by atoms with Crippen molar-refractivity contribution in [2.75, 3.05) is 24.7 Å². The van der Waals surface area contributed by atoms with Gasteiger partial charge in [0.1, 0.15) is 48.1 Å². The molecule has 0 aromatic carbocycles. The summed E-state index contributed by atoms with van der Waals surface area (Å²) in [6.07, 6.45) is -8.19. The number of imidazole rings is 2. The first-order valence-electron chi connectivity index (χ1n) is 12.7. The zero-order valence-electron chi connectivity index (χ0n) is 22.0. The molecule has 0 spiro atoms. The molecule has 7 heterocycles. The van der Waals surface area contributed by atoms with Gasteiger partial charge in [0.2, 0.25) is 0 Å². The Morgan fingerprint density at radius 2 is 1.32 bits per heavy atom. The first-order chi connectivity index (χ1) is 20.9. The Hall–Kier alpha value is -2.78. The van der Waals surface area contributed by atoms with Gasteiger partial charge in [0.15, 0.2) is 47.7 Å². The molecule has 3 aliphatic heterocycles. The van der Waals surface area contributed by atoms with Crippen molar-refractivity contribution >= 4 is 67.5 Å². The first-order valence-corrected chi connectivity index (χ1v) is 16.9. The third kappa shape index (κ3) is 5.18. The first kappa shape index (κ1) is 29.9. The van der Waals surface area contributed by atoms with Gasteiger partial charge in [-0.1, -0.05) is 0 Å². The summed E-state index contributed by atoms with van der Waals surface area (Å²) < 4.78 is 81.0. The standard InChI is InChI=1S/C20H21BF2N10O8P2S/c21-42(34)36-1-7-14(10(23)20(38-7)33-6-31-12-16(25)27-4-29-18(12)33)41-43(35,44)37-2-8-13(40-42)9(22)19(39-8)32-5-30-11-15(24)26-3-28-17(11)32/h3-10,13-14,19-20H,1-2H2,(H,35,44)(H2,24,26,28)(H2,25,27,29)/q-1/t7-,8-,9-,10-,13-,14-,19-,20-,42-,43?/m1/s1. The second kappa shape index (κ2) is 10.9. The molecule has 3 radical (unpaired) electrons. The zero-order valence-corrected chi connectivity index (χ0v) is 24.6. The van der Waals surface area contributed by atoms with Crippen LogP contribution in [0.5, 0.6) is 0 Å². The number of hydrogen-bond acceptors (Lipinski definition) is 16. The van der Waals surface area contributed by atoms with Crippen molar-refractivity contribution in [3.63, 3.8) is 0 Å². The zero-order chi connectivity index (χ0) is 31.0. The SMILES string of the molecule is [B-][P@@]1(=O)OC[C@H]2O[C@@H](n3cnc4c(N)ncnc43)[C@H](F)[C@@H]2OP(O)(=S)OC[C@H]2O[C@@H](n3cnc4c(N)ncnc43)[C@H](F)[C@@H]2O1. The molecule has 0 amide bonds. The number of hydrogen-bond donors (Lipinski definition) is 3. The molecule has 18 nitrogen and oxygen atoms in total. The lowest BCUT2D eigenvalue weighted by atomic mass is 10.1. The molecule has 44 heavy (non-hydrogen) atoms. The molecular weight excluding hydrogens is 651 g/mol. The van der Waals surface area contributed by atoms with E-state index in [9.17, 15) is 9.46 Å². The average Bonchev–Trinajstić information content (AvgIpc) is 3.73. The molecule has 7 rings (SSSR count). The molecule has 4 aromatic rings. The summed E-state index contributed by atoms with van der Waals surface area (Å²) in [4.78, 5) is 34.9. The van der Waals surface area contributed by atoms with Crippen molar-refractivity contribution in [1.29, 1.82) is 0 Å². The van der Waals surface area contributed by atoms with Crippen molar-refractivity contribution in [2.24, 2.45) is 0 Å². The number of nitrogens with two attached hydrogens (primary N) is 2. The quantitative estimate of drug-likeness (QED) is 0.196. The maximum atomic E-state index is 16.0. The molecule has 3 aliphatic rings. The highest BCUT2D eigenvalue weighted by atomic mass is 32.5. The van der Waals surface area contributed by atoms with Gasteiger partial charge in [0, 0.05) is 0 Å². The van der Waals surface area contributed by atoms with Crippen LogP contribution < -0.4 is 11.5 Å². The lowest BCUT2D eigenvalue weighted by Crippen LogP contribution is -2.37. The summed E-state index contributed by atoms with van der Waals surface area (Å²) >= 11 is 5.14. The number of nitrogens with zero attached hydrogens (tertiary/aromatic N) is 8. The van der Waals surface area contributed by atoms with Gasteiger partial charge in [0.05, 0.1) is 33.3 Å². The average molecular weight is 672 g/mol. The second-order valence-corrected chi connectivity index (χ2v) is 14.3. The highest BCUT2D eigenvalue weighted by molar-refractivity contribution is 8.07. The second-order valence-electron chi connectivity index (χ2n) is 9.92.